The third-order valence-corrected chi connectivity index (χ3v) is 1.60. The molecule has 2 unspecified atom stereocenters. The molecule has 0 aliphatic rings. The number of rotatable bonds is 4. The largest absolute Gasteiger partial charge is 0.379 e. The minimum atomic E-state index is -0.628. The molecule has 2 nitrogen and oxygen atoms in total. The van der Waals surface area contributed by atoms with Gasteiger partial charge in [-0.3, -0.25) is 0 Å². The predicted octanol–water partition coefficient (Wildman–Crippen LogP) is 1.09. The summed E-state index contributed by atoms with van der Waals surface area (Å²) in [7, 11) is 0. The molecule has 0 aliphatic carbocycles. The molecule has 2 heteroatoms. The topological polar surface area (TPSA) is 46.2 Å². The van der Waals surface area contributed by atoms with Gasteiger partial charge in [0.2, 0.25) is 0 Å². The third-order valence-electron chi connectivity index (χ3n) is 1.60. The van der Waals surface area contributed by atoms with Crippen LogP contribution in [-0.2, 0) is 0 Å². The summed E-state index contributed by atoms with van der Waals surface area (Å²) in [6, 6.07) is 0. The quantitative estimate of drug-likeness (QED) is 0.561. The zero-order chi connectivity index (χ0) is 7.28. The Labute approximate surface area is 57.1 Å². The summed E-state index contributed by atoms with van der Waals surface area (Å²) in [5.74, 6) is 0.255. The number of hydrogen-bond acceptors (Lipinski definition) is 2. The minimum Gasteiger partial charge on any atom is -0.379 e. The van der Waals surface area contributed by atoms with Crippen LogP contribution in [-0.4, -0.2) is 11.3 Å². The molecule has 56 valence electrons. The van der Waals surface area contributed by atoms with Crippen molar-refractivity contribution >= 4 is 0 Å². The van der Waals surface area contributed by atoms with Crippen LogP contribution in [0, 0.1) is 5.92 Å². The highest BCUT2D eigenvalue weighted by atomic mass is 16.3. The maximum Gasteiger partial charge on any atom is 0.104 e. The molecule has 0 fully saturated rings. The molecule has 0 aromatic heterocycles. The molecule has 0 saturated heterocycles. The molecule has 0 aromatic carbocycles. The molecule has 0 bridgehead atoms. The van der Waals surface area contributed by atoms with Crippen LogP contribution in [0.25, 0.3) is 0 Å². The van der Waals surface area contributed by atoms with Crippen LogP contribution in [0.5, 0.6) is 0 Å². The second-order valence-corrected chi connectivity index (χ2v) is 2.61. The average Bonchev–Trinajstić information content (AvgIpc) is 1.82. The van der Waals surface area contributed by atoms with Crippen molar-refractivity contribution < 1.29 is 5.11 Å². The van der Waals surface area contributed by atoms with E-state index in [4.69, 9.17) is 10.8 Å². The minimum absolute atomic E-state index is 0.255. The van der Waals surface area contributed by atoms with Crippen molar-refractivity contribution in [3.05, 3.63) is 0 Å². The van der Waals surface area contributed by atoms with Gasteiger partial charge in [-0.1, -0.05) is 26.7 Å². The smallest absolute Gasteiger partial charge is 0.104 e. The number of nitrogens with two attached hydrogens (primary N) is 1. The van der Waals surface area contributed by atoms with Crippen LogP contribution >= 0.6 is 0 Å². The van der Waals surface area contributed by atoms with Gasteiger partial charge in [-0.25, -0.2) is 0 Å². The Balaban J connectivity index is 3.16. The summed E-state index contributed by atoms with van der Waals surface area (Å²) in [4.78, 5) is 0. The highest BCUT2D eigenvalue weighted by molar-refractivity contribution is 4.56. The second-order valence-electron chi connectivity index (χ2n) is 2.61. The molecule has 0 saturated carbocycles. The Kier molecular flexibility index (Phi) is 4.72. The molecule has 0 aromatic rings. The van der Waals surface area contributed by atoms with Crippen molar-refractivity contribution in [3.63, 3.8) is 0 Å². The van der Waals surface area contributed by atoms with Gasteiger partial charge < -0.3 is 10.8 Å². The van der Waals surface area contributed by atoms with Crippen LogP contribution in [0.1, 0.15) is 33.1 Å². The van der Waals surface area contributed by atoms with Crippen LogP contribution in [0.2, 0.25) is 0 Å². The van der Waals surface area contributed by atoms with Crippen molar-refractivity contribution in [1.82, 2.24) is 0 Å². The molecule has 0 radical (unpaired) electrons. The lowest BCUT2D eigenvalue weighted by atomic mass is 10.0. The maximum atomic E-state index is 8.83. The lowest BCUT2D eigenvalue weighted by Crippen LogP contribution is -2.27. The van der Waals surface area contributed by atoms with E-state index in [1.807, 2.05) is 6.92 Å². The second kappa shape index (κ2) is 4.77. The van der Waals surface area contributed by atoms with Gasteiger partial charge in [0.15, 0.2) is 0 Å². The fourth-order valence-electron chi connectivity index (χ4n) is 0.697. The lowest BCUT2D eigenvalue weighted by Gasteiger charge is -2.12. The first kappa shape index (κ1) is 8.92. The van der Waals surface area contributed by atoms with Gasteiger partial charge in [0.25, 0.3) is 0 Å². The van der Waals surface area contributed by atoms with Crippen molar-refractivity contribution in [3.8, 4) is 0 Å². The van der Waals surface area contributed by atoms with Gasteiger partial charge in [0.05, 0.1) is 0 Å². The standard InChI is InChI=1S/C7H17NO/c1-3-4-5-6(2)7(8)9/h6-7,9H,3-5,8H2,1-2H3. The zero-order valence-electron chi connectivity index (χ0n) is 6.30. The van der Waals surface area contributed by atoms with Gasteiger partial charge in [-0.05, 0) is 12.3 Å². The molecular weight excluding hydrogens is 114 g/mol. The molecular formula is C7H17NO. The fourth-order valence-corrected chi connectivity index (χ4v) is 0.697. The van der Waals surface area contributed by atoms with E-state index in [0.717, 1.165) is 12.8 Å². The van der Waals surface area contributed by atoms with E-state index >= 15 is 0 Å². The first-order chi connectivity index (χ1) is 4.18. The Bertz CT molecular complexity index is 63.9. The van der Waals surface area contributed by atoms with Crippen LogP contribution in [0.4, 0.5) is 0 Å². The van der Waals surface area contributed by atoms with E-state index in [0.29, 0.717) is 0 Å². The van der Waals surface area contributed by atoms with Crippen molar-refractivity contribution in [1.29, 1.82) is 0 Å². The molecule has 0 rings (SSSR count). The van der Waals surface area contributed by atoms with E-state index in [9.17, 15) is 0 Å². The molecule has 3 N–H and O–H groups in total. The first-order valence-electron chi connectivity index (χ1n) is 3.62. The number of hydrogen-bond donors (Lipinski definition) is 2. The Morgan fingerprint density at radius 1 is 1.56 bits per heavy atom. The maximum absolute atomic E-state index is 8.83. The Hall–Kier alpha value is -0.0800. The van der Waals surface area contributed by atoms with Crippen molar-refractivity contribution in [2.45, 2.75) is 39.3 Å². The Morgan fingerprint density at radius 3 is 2.44 bits per heavy atom. The van der Waals surface area contributed by atoms with Crippen molar-refractivity contribution in [2.24, 2.45) is 11.7 Å². The van der Waals surface area contributed by atoms with Gasteiger partial charge in [0.1, 0.15) is 6.23 Å². The summed E-state index contributed by atoms with van der Waals surface area (Å²) in [5, 5.41) is 8.83. The normalized spacial score (nSPS) is 17.3. The van der Waals surface area contributed by atoms with Crippen molar-refractivity contribution in [2.75, 3.05) is 0 Å². The molecule has 0 amide bonds. The summed E-state index contributed by atoms with van der Waals surface area (Å²) >= 11 is 0. The van der Waals surface area contributed by atoms with E-state index in [-0.39, 0.29) is 5.92 Å². The molecule has 0 spiro atoms. The van der Waals surface area contributed by atoms with Crippen LogP contribution in [0.3, 0.4) is 0 Å². The third kappa shape index (κ3) is 4.43. The van der Waals surface area contributed by atoms with Gasteiger partial charge >= 0.3 is 0 Å². The summed E-state index contributed by atoms with van der Waals surface area (Å²) in [6.45, 7) is 4.11. The molecule has 2 atom stereocenters. The molecule has 0 aliphatic heterocycles. The number of unbranched alkanes of at least 4 members (excludes halogenated alkanes) is 1. The highest BCUT2D eigenvalue weighted by Crippen LogP contribution is 2.08. The summed E-state index contributed by atoms with van der Waals surface area (Å²) < 4.78 is 0. The highest BCUT2D eigenvalue weighted by Gasteiger charge is 2.06. The van der Waals surface area contributed by atoms with E-state index in [1.54, 1.807) is 0 Å². The average molecular weight is 131 g/mol. The van der Waals surface area contributed by atoms with Crippen LogP contribution < -0.4 is 5.73 Å². The lowest BCUT2D eigenvalue weighted by molar-refractivity contribution is 0.117. The summed E-state index contributed by atoms with van der Waals surface area (Å²) in [5.41, 5.74) is 5.23. The fraction of sp³-hybridized carbons (Fsp3) is 1.00. The van der Waals surface area contributed by atoms with E-state index in [1.165, 1.54) is 6.42 Å². The number of aliphatic hydroxyl groups excluding tert-OH is 1. The summed E-state index contributed by atoms with van der Waals surface area (Å²) in [6.07, 6.45) is 2.75. The van der Waals surface area contributed by atoms with Crippen LogP contribution in [0.15, 0.2) is 0 Å². The Morgan fingerprint density at radius 2 is 2.11 bits per heavy atom. The predicted molar refractivity (Wildman–Crippen MR) is 38.9 cm³/mol. The monoisotopic (exact) mass is 131 g/mol. The van der Waals surface area contributed by atoms with Gasteiger partial charge in [0, 0.05) is 0 Å². The molecule has 9 heavy (non-hydrogen) atoms. The van der Waals surface area contributed by atoms with E-state index < -0.39 is 6.23 Å². The SMILES string of the molecule is CCCCC(C)C(N)O. The van der Waals surface area contributed by atoms with Gasteiger partial charge in [-0.15, -0.1) is 0 Å². The zero-order valence-corrected chi connectivity index (χ0v) is 6.30. The van der Waals surface area contributed by atoms with E-state index in [2.05, 4.69) is 6.92 Å². The number of aliphatic hydroxyl groups is 1. The molecule has 0 heterocycles. The first-order valence-corrected chi connectivity index (χ1v) is 3.62. The van der Waals surface area contributed by atoms with Gasteiger partial charge in [-0.2, -0.15) is 0 Å².